The van der Waals surface area contributed by atoms with Crippen molar-refractivity contribution in [1.82, 2.24) is 20.4 Å². The van der Waals surface area contributed by atoms with E-state index in [2.05, 4.69) is 21.0 Å². The summed E-state index contributed by atoms with van der Waals surface area (Å²) in [6.07, 6.45) is 0.372. The van der Waals surface area contributed by atoms with Crippen molar-refractivity contribution in [1.29, 1.82) is 0 Å². The van der Waals surface area contributed by atoms with Gasteiger partial charge < -0.3 is 16.0 Å². The van der Waals surface area contributed by atoms with Gasteiger partial charge in [-0.15, -0.1) is 0 Å². The Bertz CT molecular complexity index is 1170. The Balaban J connectivity index is 1.46. The zero-order chi connectivity index (χ0) is 23.6. The fourth-order valence-electron chi connectivity index (χ4n) is 2.95. The number of carbonyl (C=O) groups excluding carboxylic acids is 3. The number of hydrogen-bond donors (Lipinski definition) is 3. The molecule has 170 valence electrons. The van der Waals surface area contributed by atoms with Crippen LogP contribution in [0.3, 0.4) is 0 Å². The lowest BCUT2D eigenvalue weighted by molar-refractivity contribution is -0.122. The van der Waals surface area contributed by atoms with Crippen molar-refractivity contribution in [3.05, 3.63) is 82.6 Å². The minimum atomic E-state index is -0.389. The van der Waals surface area contributed by atoms with Crippen molar-refractivity contribution in [2.24, 2.45) is 0 Å². The summed E-state index contributed by atoms with van der Waals surface area (Å²) in [5.41, 5.74) is 2.11. The van der Waals surface area contributed by atoms with Gasteiger partial charge in [0, 0.05) is 42.4 Å². The highest BCUT2D eigenvalue weighted by molar-refractivity contribution is 5.95. The summed E-state index contributed by atoms with van der Waals surface area (Å²) in [6, 6.07) is 18.9. The van der Waals surface area contributed by atoms with Crippen LogP contribution >= 0.6 is 0 Å². The maximum absolute atomic E-state index is 12.2. The molecule has 0 aliphatic carbocycles. The summed E-state index contributed by atoms with van der Waals surface area (Å²) in [7, 11) is 0. The molecule has 3 N–H and O–H groups in total. The van der Waals surface area contributed by atoms with Gasteiger partial charge in [0.25, 0.3) is 11.5 Å². The molecular formula is C24H25N5O4. The Kier molecular flexibility index (Phi) is 8.07. The van der Waals surface area contributed by atoms with E-state index in [0.717, 1.165) is 10.2 Å². The molecule has 2 aromatic carbocycles. The minimum Gasteiger partial charge on any atom is -0.353 e. The molecule has 0 bridgehead atoms. The highest BCUT2D eigenvalue weighted by atomic mass is 16.2. The Morgan fingerprint density at radius 3 is 2.24 bits per heavy atom. The Morgan fingerprint density at radius 1 is 0.848 bits per heavy atom. The first kappa shape index (κ1) is 23.4. The van der Waals surface area contributed by atoms with Gasteiger partial charge in [0.15, 0.2) is 0 Å². The molecule has 3 aromatic rings. The van der Waals surface area contributed by atoms with Crippen molar-refractivity contribution < 1.29 is 14.4 Å². The highest BCUT2D eigenvalue weighted by Crippen LogP contribution is 2.14. The summed E-state index contributed by atoms with van der Waals surface area (Å²) in [5.74, 6) is -0.793. The maximum Gasteiger partial charge on any atom is 0.267 e. The lowest BCUT2D eigenvalue weighted by Crippen LogP contribution is -2.38. The van der Waals surface area contributed by atoms with Gasteiger partial charge in [-0.2, -0.15) is 5.10 Å². The molecule has 3 amide bonds. The van der Waals surface area contributed by atoms with Gasteiger partial charge in [0.2, 0.25) is 11.8 Å². The Hall–Kier alpha value is -4.27. The molecule has 0 aliphatic heterocycles. The summed E-state index contributed by atoms with van der Waals surface area (Å²) in [6.45, 7) is 1.94. The molecule has 0 radical (unpaired) electrons. The van der Waals surface area contributed by atoms with Crippen molar-refractivity contribution in [3.63, 3.8) is 0 Å². The van der Waals surface area contributed by atoms with Crippen LogP contribution in [0.5, 0.6) is 0 Å². The molecule has 1 heterocycles. The van der Waals surface area contributed by atoms with Gasteiger partial charge in [0.05, 0.1) is 5.69 Å². The van der Waals surface area contributed by atoms with Crippen molar-refractivity contribution >= 4 is 23.4 Å². The van der Waals surface area contributed by atoms with Gasteiger partial charge in [-0.05, 0) is 30.3 Å². The van der Waals surface area contributed by atoms with Crippen LogP contribution in [0.25, 0.3) is 11.3 Å². The van der Waals surface area contributed by atoms with E-state index in [0.29, 0.717) is 23.4 Å². The Labute approximate surface area is 190 Å². The molecule has 9 heteroatoms. The average Bonchev–Trinajstić information content (AvgIpc) is 2.84. The van der Waals surface area contributed by atoms with Crippen LogP contribution < -0.4 is 21.5 Å². The summed E-state index contributed by atoms with van der Waals surface area (Å²) < 4.78 is 1.11. The molecule has 0 unspecified atom stereocenters. The van der Waals surface area contributed by atoms with Crippen molar-refractivity contribution in [3.8, 4) is 11.3 Å². The normalized spacial score (nSPS) is 10.3. The molecule has 0 saturated carbocycles. The third-order valence-corrected chi connectivity index (χ3v) is 4.71. The quantitative estimate of drug-likeness (QED) is 0.432. The lowest BCUT2D eigenvalue weighted by atomic mass is 10.1. The summed E-state index contributed by atoms with van der Waals surface area (Å²) in [5, 5.41) is 12.3. The first-order valence-electron chi connectivity index (χ1n) is 10.5. The molecule has 0 fully saturated rings. The predicted octanol–water partition coefficient (Wildman–Crippen LogP) is 1.80. The molecular weight excluding hydrogens is 422 g/mol. The second-order valence-electron chi connectivity index (χ2n) is 7.17. The topological polar surface area (TPSA) is 122 Å². The van der Waals surface area contributed by atoms with Crippen LogP contribution in [0.1, 0.15) is 23.7 Å². The van der Waals surface area contributed by atoms with Gasteiger partial charge >= 0.3 is 0 Å². The third-order valence-electron chi connectivity index (χ3n) is 4.71. The van der Waals surface area contributed by atoms with Crippen molar-refractivity contribution in [2.45, 2.75) is 19.9 Å². The number of anilines is 1. The standard InChI is InChI=1S/C24H25N5O4/c1-2-21(30)27-19-10-8-18(9-11-19)24(33)26-15-14-25-22(31)16-29-23(32)13-12-20(28-29)17-6-4-3-5-7-17/h3-13H,2,14-16H2,1H3,(H,25,31)(H,26,33)(H,27,30). The summed E-state index contributed by atoms with van der Waals surface area (Å²) >= 11 is 0. The van der Waals surface area contributed by atoms with Crippen LogP contribution in [-0.2, 0) is 16.1 Å². The van der Waals surface area contributed by atoms with E-state index in [1.807, 2.05) is 30.3 Å². The molecule has 0 saturated heterocycles. The fourth-order valence-corrected chi connectivity index (χ4v) is 2.95. The van der Waals surface area contributed by atoms with Gasteiger partial charge in [-0.3, -0.25) is 19.2 Å². The molecule has 1 aromatic heterocycles. The Morgan fingerprint density at radius 2 is 1.55 bits per heavy atom. The van der Waals surface area contributed by atoms with Crippen LogP contribution in [0.4, 0.5) is 5.69 Å². The smallest absolute Gasteiger partial charge is 0.267 e. The average molecular weight is 447 g/mol. The number of nitrogens with zero attached hydrogens (tertiary/aromatic N) is 2. The van der Waals surface area contributed by atoms with E-state index in [4.69, 9.17) is 0 Å². The molecule has 0 spiro atoms. The third kappa shape index (κ3) is 6.86. The number of carbonyl (C=O) groups is 3. The number of rotatable bonds is 9. The van der Waals surface area contributed by atoms with Gasteiger partial charge in [0.1, 0.15) is 6.54 Å². The number of benzene rings is 2. The molecule has 9 nitrogen and oxygen atoms in total. The second kappa shape index (κ2) is 11.4. The van der Waals surface area contributed by atoms with Crippen molar-refractivity contribution in [2.75, 3.05) is 18.4 Å². The van der Waals surface area contributed by atoms with Crippen LogP contribution in [0.2, 0.25) is 0 Å². The number of amides is 3. The first-order valence-corrected chi connectivity index (χ1v) is 10.5. The maximum atomic E-state index is 12.2. The molecule has 0 aliphatic rings. The van der Waals surface area contributed by atoms with E-state index >= 15 is 0 Å². The molecule has 33 heavy (non-hydrogen) atoms. The SMILES string of the molecule is CCC(=O)Nc1ccc(C(=O)NCCNC(=O)Cn2nc(-c3ccccc3)ccc2=O)cc1. The zero-order valence-corrected chi connectivity index (χ0v) is 18.2. The first-order chi connectivity index (χ1) is 16.0. The van der Waals surface area contributed by atoms with Gasteiger partial charge in [-0.25, -0.2) is 4.68 Å². The van der Waals surface area contributed by atoms with Crippen LogP contribution in [-0.4, -0.2) is 40.6 Å². The number of nitrogens with one attached hydrogen (secondary N) is 3. The molecule has 3 rings (SSSR count). The minimum absolute atomic E-state index is 0.104. The van der Waals surface area contributed by atoms with Gasteiger partial charge in [-0.1, -0.05) is 37.3 Å². The van der Waals surface area contributed by atoms with E-state index in [-0.39, 0.29) is 42.9 Å². The fraction of sp³-hybridized carbons (Fsp3) is 0.208. The zero-order valence-electron chi connectivity index (χ0n) is 18.2. The monoisotopic (exact) mass is 447 g/mol. The highest BCUT2D eigenvalue weighted by Gasteiger charge is 2.09. The number of hydrogen-bond acceptors (Lipinski definition) is 5. The van der Waals surface area contributed by atoms with Crippen LogP contribution in [0.15, 0.2) is 71.5 Å². The van der Waals surface area contributed by atoms with E-state index < -0.39 is 0 Å². The van der Waals surface area contributed by atoms with E-state index in [1.54, 1.807) is 37.3 Å². The lowest BCUT2D eigenvalue weighted by Gasteiger charge is -2.09. The van der Waals surface area contributed by atoms with E-state index in [1.165, 1.54) is 6.07 Å². The summed E-state index contributed by atoms with van der Waals surface area (Å²) in [4.78, 5) is 47.9. The van der Waals surface area contributed by atoms with Crippen LogP contribution in [0, 0.1) is 0 Å². The molecule has 0 atom stereocenters. The predicted molar refractivity (Wildman–Crippen MR) is 125 cm³/mol. The largest absolute Gasteiger partial charge is 0.353 e. The number of aromatic nitrogens is 2. The second-order valence-corrected chi connectivity index (χ2v) is 7.17. The van der Waals surface area contributed by atoms with E-state index in [9.17, 15) is 19.2 Å².